The van der Waals surface area contributed by atoms with E-state index in [4.69, 9.17) is 55.9 Å². The predicted molar refractivity (Wildman–Crippen MR) is 114 cm³/mol. The molecule has 1 aromatic carbocycles. The molecule has 1 amide bonds. The molecule has 0 atom stereocenters. The van der Waals surface area contributed by atoms with Crippen molar-refractivity contribution >= 4 is 58.1 Å². The number of halogens is 4. The van der Waals surface area contributed by atoms with Gasteiger partial charge in [-0.15, -0.1) is 4.68 Å². The molecule has 0 spiro atoms. The first-order chi connectivity index (χ1) is 14.2. The first-order valence-corrected chi connectivity index (χ1v) is 9.92. The molecule has 0 unspecified atom stereocenters. The van der Waals surface area contributed by atoms with Gasteiger partial charge < -0.3 is 24.9 Å². The molecule has 2 aromatic rings. The van der Waals surface area contributed by atoms with Crippen LogP contribution in [0.1, 0.15) is 16.8 Å². The monoisotopic (exact) mass is 496 g/mol. The zero-order valence-corrected chi connectivity index (χ0v) is 18.6. The van der Waals surface area contributed by atoms with Crippen LogP contribution in [0, 0.1) is 10.1 Å². The van der Waals surface area contributed by atoms with Crippen LogP contribution in [0.15, 0.2) is 28.9 Å². The van der Waals surface area contributed by atoms with E-state index in [2.05, 4.69) is 10.4 Å². The van der Waals surface area contributed by atoms with E-state index in [0.29, 0.717) is 12.2 Å². The van der Waals surface area contributed by atoms with Crippen LogP contribution < -0.4 is 14.8 Å². The number of nitrogens with zero attached hydrogens (tertiary/aromatic N) is 3. The molecule has 2 rings (SSSR count). The summed E-state index contributed by atoms with van der Waals surface area (Å²) in [5, 5.41) is 17.8. The standard InChI is InChI=1S/C17H16Cl4N4O5/c1-24-17(25(27)28)11(9-23-24)16(26)22-4-2-5-30-15-12(18)7-10(8-13(15)19)29-6-3-14(20)21/h3,7-9H,2,4-6H2,1H3,(H,22,26). The number of carbonyl (C=O) groups excluding carboxylic acids is 1. The molecule has 0 aliphatic heterocycles. The van der Waals surface area contributed by atoms with Gasteiger partial charge in [0.25, 0.3) is 5.91 Å². The van der Waals surface area contributed by atoms with Gasteiger partial charge in [0.2, 0.25) is 0 Å². The largest absolute Gasteiger partial charge is 0.490 e. The van der Waals surface area contributed by atoms with Gasteiger partial charge in [0.05, 0.1) is 22.8 Å². The minimum Gasteiger partial charge on any atom is -0.490 e. The van der Waals surface area contributed by atoms with Gasteiger partial charge in [-0.05, 0) is 17.4 Å². The van der Waals surface area contributed by atoms with E-state index in [0.717, 1.165) is 10.9 Å². The molecule has 0 bridgehead atoms. The van der Waals surface area contributed by atoms with E-state index >= 15 is 0 Å². The SMILES string of the molecule is Cn1ncc(C(=O)NCCCOc2c(Cl)cc(OCC=C(Cl)Cl)cc2Cl)c1[N+](=O)[O-]. The van der Waals surface area contributed by atoms with Crippen LogP contribution in [-0.4, -0.2) is 40.4 Å². The summed E-state index contributed by atoms with van der Waals surface area (Å²) in [5.74, 6) is -0.300. The average molecular weight is 498 g/mol. The lowest BCUT2D eigenvalue weighted by atomic mass is 10.3. The molecule has 0 radical (unpaired) electrons. The number of amides is 1. The molecule has 0 fully saturated rings. The summed E-state index contributed by atoms with van der Waals surface area (Å²) in [6.07, 6.45) is 3.01. The second kappa shape index (κ2) is 11.3. The number of ether oxygens (including phenoxy) is 2. The maximum Gasteiger partial charge on any atom is 0.357 e. The number of benzene rings is 1. The molecule has 1 N–H and O–H groups in total. The van der Waals surface area contributed by atoms with Crippen molar-refractivity contribution in [2.75, 3.05) is 19.8 Å². The summed E-state index contributed by atoms with van der Waals surface area (Å²) in [6.45, 7) is 0.552. The Morgan fingerprint density at radius 3 is 2.57 bits per heavy atom. The summed E-state index contributed by atoms with van der Waals surface area (Å²) in [7, 11) is 1.39. The maximum atomic E-state index is 12.1. The van der Waals surface area contributed by atoms with Crippen molar-refractivity contribution in [2.24, 2.45) is 7.05 Å². The summed E-state index contributed by atoms with van der Waals surface area (Å²) in [4.78, 5) is 22.5. The van der Waals surface area contributed by atoms with Crippen LogP contribution in [-0.2, 0) is 7.05 Å². The zero-order chi connectivity index (χ0) is 22.3. The fourth-order valence-corrected chi connectivity index (χ4v) is 3.01. The third kappa shape index (κ3) is 6.66. The molecule has 162 valence electrons. The minimum atomic E-state index is -0.664. The smallest absolute Gasteiger partial charge is 0.357 e. The van der Waals surface area contributed by atoms with Gasteiger partial charge in [-0.3, -0.25) is 4.79 Å². The highest BCUT2D eigenvalue weighted by atomic mass is 35.5. The van der Waals surface area contributed by atoms with Gasteiger partial charge in [0, 0.05) is 18.7 Å². The van der Waals surface area contributed by atoms with Gasteiger partial charge in [-0.25, -0.2) is 0 Å². The molecule has 0 saturated carbocycles. The van der Waals surface area contributed by atoms with Crippen molar-refractivity contribution in [3.63, 3.8) is 0 Å². The van der Waals surface area contributed by atoms with Crippen molar-refractivity contribution in [1.29, 1.82) is 0 Å². The van der Waals surface area contributed by atoms with Gasteiger partial charge in [-0.2, -0.15) is 0 Å². The third-order valence-corrected chi connectivity index (χ3v) is 4.51. The Morgan fingerprint density at radius 2 is 1.97 bits per heavy atom. The number of hydrogen-bond donors (Lipinski definition) is 1. The van der Waals surface area contributed by atoms with E-state index in [1.807, 2.05) is 0 Å². The average Bonchev–Trinajstić information content (AvgIpc) is 3.04. The highest BCUT2D eigenvalue weighted by Gasteiger charge is 2.24. The van der Waals surface area contributed by atoms with Crippen LogP contribution in [0.3, 0.4) is 0 Å². The summed E-state index contributed by atoms with van der Waals surface area (Å²) in [6, 6.07) is 3.06. The Balaban J connectivity index is 1.84. The lowest BCUT2D eigenvalue weighted by Gasteiger charge is -2.12. The quantitative estimate of drug-likeness (QED) is 0.293. The molecule has 1 aromatic heterocycles. The number of rotatable bonds is 10. The fourth-order valence-electron chi connectivity index (χ4n) is 2.31. The number of carbonyl (C=O) groups is 1. The van der Waals surface area contributed by atoms with Crippen LogP contribution in [0.2, 0.25) is 10.0 Å². The van der Waals surface area contributed by atoms with Crippen molar-refractivity contribution in [2.45, 2.75) is 6.42 Å². The van der Waals surface area contributed by atoms with E-state index in [9.17, 15) is 14.9 Å². The second-order valence-electron chi connectivity index (χ2n) is 5.74. The highest BCUT2D eigenvalue weighted by molar-refractivity contribution is 6.55. The Labute approximate surface area is 191 Å². The highest BCUT2D eigenvalue weighted by Crippen LogP contribution is 2.37. The molecule has 0 aliphatic carbocycles. The molecule has 30 heavy (non-hydrogen) atoms. The summed E-state index contributed by atoms with van der Waals surface area (Å²) < 4.78 is 12.1. The normalized spacial score (nSPS) is 10.4. The zero-order valence-electron chi connectivity index (χ0n) is 15.5. The van der Waals surface area contributed by atoms with Crippen molar-refractivity contribution in [3.8, 4) is 11.5 Å². The van der Waals surface area contributed by atoms with Crippen LogP contribution in [0.5, 0.6) is 11.5 Å². The number of nitro groups is 1. The Bertz CT molecular complexity index is 937. The van der Waals surface area contributed by atoms with Crippen LogP contribution in [0.25, 0.3) is 0 Å². The van der Waals surface area contributed by atoms with Gasteiger partial charge in [0.1, 0.15) is 23.9 Å². The van der Waals surface area contributed by atoms with E-state index in [1.54, 1.807) is 0 Å². The summed E-state index contributed by atoms with van der Waals surface area (Å²) in [5.41, 5.74) is -0.115. The Kier molecular flexibility index (Phi) is 9.04. The van der Waals surface area contributed by atoms with Crippen LogP contribution >= 0.6 is 46.4 Å². The van der Waals surface area contributed by atoms with E-state index in [1.165, 1.54) is 25.3 Å². The van der Waals surface area contributed by atoms with Crippen molar-refractivity contribution in [3.05, 3.63) is 54.6 Å². The number of hydrogen-bond acceptors (Lipinski definition) is 6. The van der Waals surface area contributed by atoms with Gasteiger partial charge in [-0.1, -0.05) is 51.5 Å². The van der Waals surface area contributed by atoms with E-state index in [-0.39, 0.29) is 51.4 Å². The Hall–Kier alpha value is -2.20. The minimum absolute atomic E-state index is 0.0809. The molecular formula is C17H16Cl4N4O5. The van der Waals surface area contributed by atoms with Crippen LogP contribution in [0.4, 0.5) is 5.82 Å². The molecule has 13 heteroatoms. The topological polar surface area (TPSA) is 109 Å². The predicted octanol–water partition coefficient (Wildman–Crippen LogP) is 4.53. The molecule has 0 aliphatic rings. The van der Waals surface area contributed by atoms with Gasteiger partial charge >= 0.3 is 5.82 Å². The first-order valence-electron chi connectivity index (χ1n) is 8.41. The Morgan fingerprint density at radius 1 is 1.30 bits per heavy atom. The maximum absolute atomic E-state index is 12.1. The van der Waals surface area contributed by atoms with E-state index < -0.39 is 10.8 Å². The first kappa shape index (κ1) is 24.1. The second-order valence-corrected chi connectivity index (χ2v) is 7.56. The van der Waals surface area contributed by atoms with Crippen molar-refractivity contribution < 1.29 is 19.2 Å². The van der Waals surface area contributed by atoms with Gasteiger partial charge in [0.15, 0.2) is 11.3 Å². The number of nitrogens with one attached hydrogen (secondary N) is 1. The molecular weight excluding hydrogens is 482 g/mol. The number of aromatic nitrogens is 2. The third-order valence-electron chi connectivity index (χ3n) is 3.64. The molecule has 0 saturated heterocycles. The van der Waals surface area contributed by atoms with Crippen molar-refractivity contribution in [1.82, 2.24) is 15.1 Å². The lowest BCUT2D eigenvalue weighted by molar-refractivity contribution is -0.392. The lowest BCUT2D eigenvalue weighted by Crippen LogP contribution is -2.26. The number of aryl methyl sites for hydroxylation is 1. The fraction of sp³-hybridized carbons (Fsp3) is 0.294. The molecule has 9 nitrogen and oxygen atoms in total. The molecule has 1 heterocycles. The summed E-state index contributed by atoms with van der Waals surface area (Å²) >= 11 is 23.3.